The van der Waals surface area contributed by atoms with Crippen molar-refractivity contribution in [2.24, 2.45) is 11.7 Å². The minimum absolute atomic E-state index is 0.00896. The molecule has 88 valence electrons. The first-order valence-corrected chi connectivity index (χ1v) is 5.54. The van der Waals surface area contributed by atoms with Gasteiger partial charge >= 0.3 is 5.97 Å². The van der Waals surface area contributed by atoms with Crippen molar-refractivity contribution in [2.45, 2.75) is 19.9 Å². The molecule has 4 N–H and O–H groups in total. The van der Waals surface area contributed by atoms with Crippen LogP contribution in [0.2, 0.25) is 0 Å². The van der Waals surface area contributed by atoms with Crippen molar-refractivity contribution in [3.8, 4) is 0 Å². The van der Waals surface area contributed by atoms with E-state index in [0.717, 1.165) is 11.3 Å². The van der Waals surface area contributed by atoms with Crippen LogP contribution in [0.5, 0.6) is 0 Å². The molecule has 0 aromatic carbocycles. The summed E-state index contributed by atoms with van der Waals surface area (Å²) in [7, 11) is 0. The van der Waals surface area contributed by atoms with Gasteiger partial charge in [0.1, 0.15) is 6.04 Å². The number of hydrogen-bond donors (Lipinski definition) is 3. The highest BCUT2D eigenvalue weighted by Gasteiger charge is 2.20. The maximum Gasteiger partial charge on any atom is 0.355 e. The molecule has 6 nitrogen and oxygen atoms in total. The molecule has 0 spiro atoms. The lowest BCUT2D eigenvalue weighted by Gasteiger charge is -2.17. The van der Waals surface area contributed by atoms with Gasteiger partial charge in [0.15, 0.2) is 10.8 Å². The quantitative estimate of drug-likeness (QED) is 0.708. The number of carboxylic acids is 1. The van der Waals surface area contributed by atoms with Gasteiger partial charge in [-0.25, -0.2) is 9.78 Å². The molecule has 16 heavy (non-hydrogen) atoms. The van der Waals surface area contributed by atoms with E-state index in [1.54, 1.807) is 0 Å². The van der Waals surface area contributed by atoms with Gasteiger partial charge in [0.05, 0.1) is 0 Å². The number of carbonyl (C=O) groups excluding carboxylic acids is 1. The molecule has 1 rings (SSSR count). The van der Waals surface area contributed by atoms with Crippen LogP contribution in [0.25, 0.3) is 0 Å². The van der Waals surface area contributed by atoms with Gasteiger partial charge in [0, 0.05) is 5.38 Å². The Morgan fingerprint density at radius 3 is 2.56 bits per heavy atom. The number of nitrogens with zero attached hydrogens (tertiary/aromatic N) is 1. The molecule has 7 heteroatoms. The minimum Gasteiger partial charge on any atom is -0.476 e. The first-order valence-electron chi connectivity index (χ1n) is 4.66. The fourth-order valence-corrected chi connectivity index (χ4v) is 1.86. The van der Waals surface area contributed by atoms with Crippen LogP contribution in [0.4, 0.5) is 5.13 Å². The van der Waals surface area contributed by atoms with Gasteiger partial charge in [0.25, 0.3) is 0 Å². The largest absolute Gasteiger partial charge is 0.476 e. The number of aromatic carboxylic acids is 1. The summed E-state index contributed by atoms with van der Waals surface area (Å²) in [6.45, 7) is 3.68. The summed E-state index contributed by atoms with van der Waals surface area (Å²) in [5, 5.41) is 13.3. The van der Waals surface area contributed by atoms with Gasteiger partial charge in [-0.3, -0.25) is 4.79 Å². The Labute approximate surface area is 96.5 Å². The molecule has 1 heterocycles. The van der Waals surface area contributed by atoms with Gasteiger partial charge in [-0.1, -0.05) is 13.8 Å². The molecule has 0 aliphatic heterocycles. The Morgan fingerprint density at radius 1 is 1.56 bits per heavy atom. The number of primary amides is 1. The summed E-state index contributed by atoms with van der Waals surface area (Å²) in [6, 6.07) is -0.548. The number of thiazole rings is 1. The SMILES string of the molecule is CC(C)C(Nc1nc(C(=O)O)cs1)C(N)=O. The van der Waals surface area contributed by atoms with Crippen molar-refractivity contribution in [3.63, 3.8) is 0 Å². The standard InChI is InChI=1S/C9H13N3O3S/c1-4(2)6(7(10)13)12-9-11-5(3-16-9)8(14)15/h3-4,6H,1-2H3,(H2,10,13)(H,11,12)(H,14,15). The molecule has 0 bridgehead atoms. The van der Waals surface area contributed by atoms with E-state index in [2.05, 4.69) is 10.3 Å². The molecule has 1 atom stereocenters. The van der Waals surface area contributed by atoms with Crippen LogP contribution >= 0.6 is 11.3 Å². The minimum atomic E-state index is -1.09. The number of carbonyl (C=O) groups is 2. The number of nitrogens with two attached hydrogens (primary N) is 1. The van der Waals surface area contributed by atoms with Gasteiger partial charge in [-0.15, -0.1) is 11.3 Å². The van der Waals surface area contributed by atoms with Crippen LogP contribution in [-0.2, 0) is 4.79 Å². The normalized spacial score (nSPS) is 12.4. The number of aromatic nitrogens is 1. The molecule has 0 saturated heterocycles. The number of rotatable bonds is 5. The van der Waals surface area contributed by atoms with E-state index in [1.807, 2.05) is 13.8 Å². The predicted molar refractivity (Wildman–Crippen MR) is 60.5 cm³/mol. The lowest BCUT2D eigenvalue weighted by Crippen LogP contribution is -2.39. The summed E-state index contributed by atoms with van der Waals surface area (Å²) in [5.41, 5.74) is 5.17. The fourth-order valence-electron chi connectivity index (χ4n) is 1.14. The number of hydrogen-bond acceptors (Lipinski definition) is 5. The van der Waals surface area contributed by atoms with Crippen LogP contribution in [0, 0.1) is 5.92 Å². The van der Waals surface area contributed by atoms with E-state index in [0.29, 0.717) is 5.13 Å². The van der Waals surface area contributed by atoms with Crippen LogP contribution < -0.4 is 11.1 Å². The molecule has 0 fully saturated rings. The Balaban J connectivity index is 2.78. The topological polar surface area (TPSA) is 105 Å². The zero-order valence-electron chi connectivity index (χ0n) is 8.93. The molecular weight excluding hydrogens is 230 g/mol. The third-order valence-corrected chi connectivity index (χ3v) is 2.75. The summed E-state index contributed by atoms with van der Waals surface area (Å²) < 4.78 is 0. The molecule has 1 amide bonds. The highest BCUT2D eigenvalue weighted by Crippen LogP contribution is 2.18. The number of amides is 1. The van der Waals surface area contributed by atoms with Crippen molar-refractivity contribution < 1.29 is 14.7 Å². The van der Waals surface area contributed by atoms with Crippen LogP contribution in [0.1, 0.15) is 24.3 Å². The lowest BCUT2D eigenvalue weighted by molar-refractivity contribution is -0.119. The zero-order chi connectivity index (χ0) is 12.3. The summed E-state index contributed by atoms with van der Waals surface area (Å²) in [4.78, 5) is 25.5. The average Bonchev–Trinajstić information content (AvgIpc) is 2.61. The second-order valence-electron chi connectivity index (χ2n) is 3.61. The predicted octanol–water partition coefficient (Wildman–Crippen LogP) is 0.763. The molecule has 0 aliphatic rings. The van der Waals surface area contributed by atoms with E-state index in [4.69, 9.17) is 10.8 Å². The van der Waals surface area contributed by atoms with Crippen molar-refractivity contribution >= 4 is 28.3 Å². The third kappa shape index (κ3) is 2.93. The lowest BCUT2D eigenvalue weighted by atomic mass is 10.0. The van der Waals surface area contributed by atoms with Gasteiger partial charge in [0.2, 0.25) is 5.91 Å². The molecule has 0 aliphatic carbocycles. The third-order valence-electron chi connectivity index (χ3n) is 1.98. The van der Waals surface area contributed by atoms with Crippen molar-refractivity contribution in [1.29, 1.82) is 0 Å². The first-order chi connectivity index (χ1) is 7.41. The molecule has 0 radical (unpaired) electrons. The smallest absolute Gasteiger partial charge is 0.355 e. The second kappa shape index (κ2) is 4.93. The van der Waals surface area contributed by atoms with E-state index < -0.39 is 17.9 Å². The molecule has 0 saturated carbocycles. The van der Waals surface area contributed by atoms with Gasteiger partial charge < -0.3 is 16.2 Å². The monoisotopic (exact) mass is 243 g/mol. The number of anilines is 1. The van der Waals surface area contributed by atoms with Crippen molar-refractivity contribution in [3.05, 3.63) is 11.1 Å². The van der Waals surface area contributed by atoms with E-state index in [9.17, 15) is 9.59 Å². The number of carboxylic acid groups (broad SMARTS) is 1. The molecular formula is C9H13N3O3S. The zero-order valence-corrected chi connectivity index (χ0v) is 9.75. The Hall–Kier alpha value is -1.63. The van der Waals surface area contributed by atoms with Gasteiger partial charge in [-0.2, -0.15) is 0 Å². The number of nitrogens with one attached hydrogen (secondary N) is 1. The summed E-state index contributed by atoms with van der Waals surface area (Å²) in [6.07, 6.45) is 0. The maximum absolute atomic E-state index is 11.1. The van der Waals surface area contributed by atoms with E-state index in [1.165, 1.54) is 5.38 Å². The van der Waals surface area contributed by atoms with Crippen molar-refractivity contribution in [1.82, 2.24) is 4.98 Å². The van der Waals surface area contributed by atoms with Crippen LogP contribution in [-0.4, -0.2) is 28.0 Å². The molecule has 1 aromatic rings. The van der Waals surface area contributed by atoms with E-state index in [-0.39, 0.29) is 11.6 Å². The fraction of sp³-hybridized carbons (Fsp3) is 0.444. The van der Waals surface area contributed by atoms with Gasteiger partial charge in [-0.05, 0) is 5.92 Å². The van der Waals surface area contributed by atoms with Crippen LogP contribution in [0.3, 0.4) is 0 Å². The van der Waals surface area contributed by atoms with Crippen LogP contribution in [0.15, 0.2) is 5.38 Å². The first kappa shape index (κ1) is 12.4. The Kier molecular flexibility index (Phi) is 3.83. The average molecular weight is 243 g/mol. The highest BCUT2D eigenvalue weighted by atomic mass is 32.1. The second-order valence-corrected chi connectivity index (χ2v) is 4.47. The highest BCUT2D eigenvalue weighted by molar-refractivity contribution is 7.13. The Bertz CT molecular complexity index is 402. The Morgan fingerprint density at radius 2 is 2.19 bits per heavy atom. The molecule has 1 aromatic heterocycles. The van der Waals surface area contributed by atoms with Crippen molar-refractivity contribution in [2.75, 3.05) is 5.32 Å². The van der Waals surface area contributed by atoms with E-state index >= 15 is 0 Å². The molecule has 1 unspecified atom stereocenters. The summed E-state index contributed by atoms with van der Waals surface area (Å²) >= 11 is 1.13. The summed E-state index contributed by atoms with van der Waals surface area (Å²) in [5.74, 6) is -1.57. The maximum atomic E-state index is 11.1.